The monoisotopic (exact) mass is 255 g/mol. The van der Waals surface area contributed by atoms with E-state index in [2.05, 4.69) is 5.32 Å². The van der Waals surface area contributed by atoms with Crippen molar-refractivity contribution in [3.8, 4) is 0 Å². The second-order valence-corrected chi connectivity index (χ2v) is 5.34. The fraction of sp³-hybridized carbons (Fsp3) is 0.375. The highest BCUT2D eigenvalue weighted by Gasteiger charge is 2.43. The molecule has 0 amide bonds. The number of fused-ring (bicyclic) bond motifs is 2. The number of carbonyl (C=O) groups is 2. The minimum atomic E-state index is -0.473. The number of nitrogens with one attached hydrogen (secondary N) is 1. The second kappa shape index (κ2) is 5.10. The van der Waals surface area contributed by atoms with Gasteiger partial charge in [-0.05, 0) is 24.5 Å². The molecule has 1 N–H and O–H groups in total. The summed E-state index contributed by atoms with van der Waals surface area (Å²) in [4.78, 5) is 24.2. The molecule has 1 aromatic carbocycles. The zero-order valence-corrected chi connectivity index (χ0v) is 10.7. The van der Waals surface area contributed by atoms with E-state index in [4.69, 9.17) is 0 Å². The normalized spacial score (nSPS) is 29.9. The highest BCUT2D eigenvalue weighted by molar-refractivity contribution is 6.10. The van der Waals surface area contributed by atoms with Gasteiger partial charge in [0.05, 0.1) is 5.92 Å². The van der Waals surface area contributed by atoms with Gasteiger partial charge >= 0.3 is 0 Å². The first-order chi connectivity index (χ1) is 9.24. The van der Waals surface area contributed by atoms with Gasteiger partial charge in [-0.15, -0.1) is 0 Å². The van der Waals surface area contributed by atoms with Crippen LogP contribution in [0.25, 0.3) is 6.08 Å². The lowest BCUT2D eigenvalue weighted by molar-refractivity contribution is -0.132. The topological polar surface area (TPSA) is 46.2 Å². The SMILES string of the molecule is O=C(/C=C/c1ccccc1)C1C(=O)C[C@H]2CC[C@@H]1N2. The van der Waals surface area contributed by atoms with Gasteiger partial charge in [0.15, 0.2) is 5.78 Å². The van der Waals surface area contributed by atoms with Gasteiger partial charge in [-0.3, -0.25) is 9.59 Å². The molecule has 2 bridgehead atoms. The van der Waals surface area contributed by atoms with Crippen LogP contribution < -0.4 is 5.32 Å². The fourth-order valence-electron chi connectivity index (χ4n) is 3.07. The Hall–Kier alpha value is -1.74. The van der Waals surface area contributed by atoms with Crippen LogP contribution in [0.5, 0.6) is 0 Å². The van der Waals surface area contributed by atoms with Gasteiger partial charge in [0.1, 0.15) is 5.78 Å². The van der Waals surface area contributed by atoms with Gasteiger partial charge in [-0.25, -0.2) is 0 Å². The largest absolute Gasteiger partial charge is 0.310 e. The van der Waals surface area contributed by atoms with E-state index >= 15 is 0 Å². The second-order valence-electron chi connectivity index (χ2n) is 5.34. The van der Waals surface area contributed by atoms with Crippen molar-refractivity contribution in [2.45, 2.75) is 31.3 Å². The maximum absolute atomic E-state index is 12.2. The molecule has 0 aromatic heterocycles. The summed E-state index contributed by atoms with van der Waals surface area (Å²) in [6.07, 6.45) is 5.80. The third-order valence-electron chi connectivity index (χ3n) is 4.02. The highest BCUT2D eigenvalue weighted by atomic mass is 16.2. The van der Waals surface area contributed by atoms with Crippen LogP contribution in [0.2, 0.25) is 0 Å². The quantitative estimate of drug-likeness (QED) is 0.663. The molecule has 1 aromatic rings. The predicted molar refractivity (Wildman–Crippen MR) is 73.5 cm³/mol. The van der Waals surface area contributed by atoms with Gasteiger partial charge < -0.3 is 5.32 Å². The average molecular weight is 255 g/mol. The van der Waals surface area contributed by atoms with Gasteiger partial charge in [0, 0.05) is 18.5 Å². The van der Waals surface area contributed by atoms with E-state index in [0.29, 0.717) is 12.5 Å². The lowest BCUT2D eigenvalue weighted by atomic mass is 9.86. The van der Waals surface area contributed by atoms with Crippen molar-refractivity contribution in [1.29, 1.82) is 0 Å². The Labute approximate surface area is 112 Å². The zero-order valence-electron chi connectivity index (χ0n) is 10.7. The summed E-state index contributed by atoms with van der Waals surface area (Å²) in [6, 6.07) is 10.0. The van der Waals surface area contributed by atoms with E-state index in [9.17, 15) is 9.59 Å². The molecule has 1 unspecified atom stereocenters. The maximum atomic E-state index is 12.2. The summed E-state index contributed by atoms with van der Waals surface area (Å²) in [6.45, 7) is 0. The summed E-state index contributed by atoms with van der Waals surface area (Å²) in [5.41, 5.74) is 0.983. The van der Waals surface area contributed by atoms with E-state index in [-0.39, 0.29) is 17.6 Å². The molecule has 2 saturated heterocycles. The number of hydrogen-bond donors (Lipinski definition) is 1. The Kier molecular flexibility index (Phi) is 3.30. The van der Waals surface area contributed by atoms with Crippen molar-refractivity contribution in [2.75, 3.05) is 0 Å². The number of allylic oxidation sites excluding steroid dienone is 1. The molecule has 0 radical (unpaired) electrons. The lowest BCUT2D eigenvalue weighted by Gasteiger charge is -2.27. The van der Waals surface area contributed by atoms with Crippen molar-refractivity contribution in [3.63, 3.8) is 0 Å². The number of rotatable bonds is 3. The van der Waals surface area contributed by atoms with Crippen LogP contribution in [0.15, 0.2) is 36.4 Å². The Morgan fingerprint density at radius 1 is 1.21 bits per heavy atom. The Morgan fingerprint density at radius 2 is 2.00 bits per heavy atom. The van der Waals surface area contributed by atoms with Gasteiger partial charge in [-0.2, -0.15) is 0 Å². The van der Waals surface area contributed by atoms with Crippen molar-refractivity contribution in [1.82, 2.24) is 5.32 Å². The molecule has 19 heavy (non-hydrogen) atoms. The summed E-state index contributed by atoms with van der Waals surface area (Å²) >= 11 is 0. The van der Waals surface area contributed by atoms with Crippen LogP contribution in [0.4, 0.5) is 0 Å². The van der Waals surface area contributed by atoms with Crippen LogP contribution in [0, 0.1) is 5.92 Å². The van der Waals surface area contributed by atoms with E-state index in [1.165, 1.54) is 0 Å². The molecule has 0 aliphatic carbocycles. The number of carbonyl (C=O) groups excluding carboxylic acids is 2. The van der Waals surface area contributed by atoms with Crippen molar-refractivity contribution in [3.05, 3.63) is 42.0 Å². The van der Waals surface area contributed by atoms with Crippen LogP contribution >= 0.6 is 0 Å². The number of benzene rings is 1. The molecule has 98 valence electrons. The summed E-state index contributed by atoms with van der Waals surface area (Å²) in [5.74, 6) is -0.431. The third-order valence-corrected chi connectivity index (χ3v) is 4.02. The Balaban J connectivity index is 1.73. The zero-order chi connectivity index (χ0) is 13.2. The molecule has 2 fully saturated rings. The van der Waals surface area contributed by atoms with Crippen LogP contribution in [0.3, 0.4) is 0 Å². The van der Waals surface area contributed by atoms with Crippen molar-refractivity contribution in [2.24, 2.45) is 5.92 Å². The predicted octanol–water partition coefficient (Wildman–Crippen LogP) is 1.98. The molecule has 2 aliphatic rings. The summed E-state index contributed by atoms with van der Waals surface area (Å²) < 4.78 is 0. The summed E-state index contributed by atoms with van der Waals surface area (Å²) in [7, 11) is 0. The van der Waals surface area contributed by atoms with Crippen LogP contribution in [-0.4, -0.2) is 23.7 Å². The minimum Gasteiger partial charge on any atom is -0.310 e. The maximum Gasteiger partial charge on any atom is 0.167 e. The van der Waals surface area contributed by atoms with E-state index in [1.54, 1.807) is 12.2 Å². The van der Waals surface area contributed by atoms with Crippen LogP contribution in [0.1, 0.15) is 24.8 Å². The third kappa shape index (κ3) is 2.51. The smallest absolute Gasteiger partial charge is 0.167 e. The molecule has 3 heteroatoms. The van der Waals surface area contributed by atoms with Gasteiger partial charge in [0.25, 0.3) is 0 Å². The van der Waals surface area contributed by atoms with Crippen molar-refractivity contribution >= 4 is 17.6 Å². The molecule has 3 rings (SSSR count). The average Bonchev–Trinajstić information content (AvgIpc) is 2.80. The molecular formula is C16H17NO2. The Morgan fingerprint density at radius 3 is 2.79 bits per heavy atom. The first-order valence-corrected chi connectivity index (χ1v) is 6.80. The number of hydrogen-bond acceptors (Lipinski definition) is 3. The lowest BCUT2D eigenvalue weighted by Crippen LogP contribution is -2.48. The van der Waals surface area contributed by atoms with Gasteiger partial charge in [0.2, 0.25) is 0 Å². The molecule has 2 aliphatic heterocycles. The first-order valence-electron chi connectivity index (χ1n) is 6.80. The van der Waals surface area contributed by atoms with E-state index in [1.807, 2.05) is 30.3 Å². The number of Topliss-reactive ketones (excluding diaryl/α,β-unsaturated/α-hetero) is 1. The highest BCUT2D eigenvalue weighted by Crippen LogP contribution is 2.29. The van der Waals surface area contributed by atoms with Crippen molar-refractivity contribution < 1.29 is 9.59 Å². The first kappa shape index (κ1) is 12.3. The van der Waals surface area contributed by atoms with E-state index < -0.39 is 5.92 Å². The van der Waals surface area contributed by atoms with E-state index in [0.717, 1.165) is 18.4 Å². The minimum absolute atomic E-state index is 0.0548. The molecule has 0 saturated carbocycles. The Bertz CT molecular complexity index is 521. The fourth-order valence-corrected chi connectivity index (χ4v) is 3.07. The van der Waals surface area contributed by atoms with Crippen LogP contribution in [-0.2, 0) is 9.59 Å². The molecule has 0 spiro atoms. The molecule has 2 heterocycles. The molecular weight excluding hydrogens is 238 g/mol. The number of ketones is 2. The number of piperidine rings is 1. The molecule has 3 nitrogen and oxygen atoms in total. The standard InChI is InChI=1S/C16H17NO2/c18-14(9-6-11-4-2-1-3-5-11)16-13-8-7-12(17-13)10-15(16)19/h1-6,9,12-13,16-17H,7-8,10H2/b9-6+/t12-,13+,16?/m1/s1. The molecule has 3 atom stereocenters. The summed E-state index contributed by atoms with van der Waals surface area (Å²) in [5, 5.41) is 3.37. The van der Waals surface area contributed by atoms with Gasteiger partial charge in [-0.1, -0.05) is 36.4 Å².